The molecule has 0 saturated carbocycles. The summed E-state index contributed by atoms with van der Waals surface area (Å²) in [5.41, 5.74) is 1.89. The van der Waals surface area contributed by atoms with Crippen LogP contribution >= 0.6 is 0 Å². The minimum atomic E-state index is -0.644. The number of nitrogens with one attached hydrogen (secondary N) is 4. The van der Waals surface area contributed by atoms with E-state index in [0.717, 1.165) is 42.5 Å². The minimum absolute atomic E-state index is 0.144. The zero-order valence-corrected chi connectivity index (χ0v) is 29.5. The first-order chi connectivity index (χ1) is 23.6. The van der Waals surface area contributed by atoms with Crippen molar-refractivity contribution in [3.63, 3.8) is 0 Å². The van der Waals surface area contributed by atoms with Crippen LogP contribution in [0.5, 0.6) is 0 Å². The highest BCUT2D eigenvalue weighted by atomic mass is 16.6. The number of H-pyrrole nitrogens is 2. The molecule has 4 amide bonds. The van der Waals surface area contributed by atoms with E-state index in [1.54, 1.807) is 63.7 Å². The second kappa shape index (κ2) is 15.1. The Hall–Kier alpha value is -5.32. The van der Waals surface area contributed by atoms with Crippen LogP contribution in [0.2, 0.25) is 0 Å². The average Bonchev–Trinajstić information content (AvgIpc) is 3.86. The monoisotopic (exact) mass is 686 g/mol. The van der Waals surface area contributed by atoms with Gasteiger partial charge in [0.15, 0.2) is 0 Å². The fourth-order valence-corrected chi connectivity index (χ4v) is 5.92. The molecular formula is C36H46N8O6. The molecule has 0 spiro atoms. The van der Waals surface area contributed by atoms with E-state index < -0.39 is 23.4 Å². The molecule has 4 heterocycles. The molecule has 5 rings (SSSR count). The maximum absolute atomic E-state index is 12.9. The summed E-state index contributed by atoms with van der Waals surface area (Å²) in [7, 11) is 0. The third-order valence-electron chi connectivity index (χ3n) is 8.07. The van der Waals surface area contributed by atoms with Crippen molar-refractivity contribution in [1.82, 2.24) is 40.4 Å². The SMILES string of the molecule is CC(C)(C)OC(=O)NCC(=O)N1CCCC1c1ncc(C#Cc2ccc(-c3cnc(C4CCCN4C(=O)CNC(=O)OC(C)(C)C)[nH]3)cc2)[nH]1. The maximum atomic E-state index is 12.9. The molecular weight excluding hydrogens is 640 g/mol. The highest BCUT2D eigenvalue weighted by Gasteiger charge is 2.33. The van der Waals surface area contributed by atoms with Gasteiger partial charge in [-0.15, -0.1) is 0 Å². The molecule has 2 unspecified atom stereocenters. The molecule has 266 valence electrons. The van der Waals surface area contributed by atoms with Crippen LogP contribution < -0.4 is 10.6 Å². The number of aromatic nitrogens is 4. The van der Waals surface area contributed by atoms with Gasteiger partial charge in [-0.25, -0.2) is 19.6 Å². The smallest absolute Gasteiger partial charge is 0.408 e. The third-order valence-corrected chi connectivity index (χ3v) is 8.07. The highest BCUT2D eigenvalue weighted by molar-refractivity contribution is 5.83. The fraction of sp³-hybridized carbons (Fsp3) is 0.500. The average molecular weight is 687 g/mol. The first-order valence-corrected chi connectivity index (χ1v) is 16.9. The van der Waals surface area contributed by atoms with Gasteiger partial charge >= 0.3 is 12.2 Å². The second-order valence-corrected chi connectivity index (χ2v) is 14.4. The fourth-order valence-electron chi connectivity index (χ4n) is 5.92. The Labute approximate surface area is 292 Å². The standard InChI is InChI=1S/C36H46N8O6/c1-35(2,3)49-33(47)39-21-29(45)43-17-7-9-27(43)31-37-19-25(41-31)16-13-23-11-14-24(15-12-23)26-20-38-32(42-26)28-10-8-18-44(28)30(46)22-40-34(48)50-36(4,5)6/h11-12,14-15,19-20,27-28H,7-10,17-18,21-22H2,1-6H3,(H,37,41)(H,38,42)(H,39,47)(H,40,48). The molecule has 2 atom stereocenters. The minimum Gasteiger partial charge on any atom is -0.444 e. The molecule has 2 aliphatic heterocycles. The highest BCUT2D eigenvalue weighted by Crippen LogP contribution is 2.32. The number of ether oxygens (including phenoxy) is 2. The molecule has 2 fully saturated rings. The Morgan fingerprint density at radius 2 is 1.26 bits per heavy atom. The number of likely N-dealkylation sites (tertiary alicyclic amines) is 2. The maximum Gasteiger partial charge on any atom is 0.408 e. The van der Waals surface area contributed by atoms with E-state index >= 15 is 0 Å². The van der Waals surface area contributed by atoms with E-state index in [4.69, 9.17) is 9.47 Å². The van der Waals surface area contributed by atoms with Gasteiger partial charge in [0.05, 0.1) is 30.2 Å². The number of rotatable bonds is 7. The van der Waals surface area contributed by atoms with Crippen LogP contribution in [0.15, 0.2) is 36.7 Å². The molecule has 0 radical (unpaired) electrons. The molecule has 14 heteroatoms. The predicted molar refractivity (Wildman–Crippen MR) is 184 cm³/mol. The van der Waals surface area contributed by atoms with Crippen molar-refractivity contribution in [2.75, 3.05) is 26.2 Å². The van der Waals surface area contributed by atoms with Gasteiger partial charge in [-0.05, 0) is 90.8 Å². The first kappa shape index (κ1) is 36.0. The Kier molecular flexibility index (Phi) is 10.8. The second-order valence-electron chi connectivity index (χ2n) is 14.4. The first-order valence-electron chi connectivity index (χ1n) is 16.9. The van der Waals surface area contributed by atoms with Gasteiger partial charge in [0.1, 0.15) is 41.6 Å². The number of benzene rings is 1. The molecule has 2 aliphatic rings. The molecule has 3 aromatic rings. The Balaban J connectivity index is 1.15. The normalized spacial score (nSPS) is 17.6. The molecule has 4 N–H and O–H groups in total. The lowest BCUT2D eigenvalue weighted by Gasteiger charge is -2.24. The van der Waals surface area contributed by atoms with Gasteiger partial charge in [-0.1, -0.05) is 18.1 Å². The van der Waals surface area contributed by atoms with Gasteiger partial charge in [0.25, 0.3) is 0 Å². The summed E-state index contributed by atoms with van der Waals surface area (Å²) >= 11 is 0. The number of aromatic amines is 2. The van der Waals surface area contributed by atoms with Crippen molar-refractivity contribution in [2.24, 2.45) is 0 Å². The van der Waals surface area contributed by atoms with Crippen LogP contribution in [0.1, 0.15) is 102 Å². The van der Waals surface area contributed by atoms with Crippen molar-refractivity contribution < 1.29 is 28.7 Å². The number of imidazole rings is 2. The van der Waals surface area contributed by atoms with E-state index in [2.05, 4.69) is 42.4 Å². The lowest BCUT2D eigenvalue weighted by Crippen LogP contribution is -2.41. The summed E-state index contributed by atoms with van der Waals surface area (Å²) in [4.78, 5) is 69.0. The third kappa shape index (κ3) is 9.64. The predicted octanol–water partition coefficient (Wildman–Crippen LogP) is 4.58. The van der Waals surface area contributed by atoms with E-state index in [1.165, 1.54) is 0 Å². The van der Waals surface area contributed by atoms with Crippen molar-refractivity contribution in [2.45, 2.75) is 90.5 Å². The number of alkyl carbamates (subject to hydrolysis) is 2. The number of carbonyl (C=O) groups excluding carboxylic acids is 4. The van der Waals surface area contributed by atoms with Crippen LogP contribution in [0.4, 0.5) is 9.59 Å². The Morgan fingerprint density at radius 1 is 0.760 bits per heavy atom. The van der Waals surface area contributed by atoms with Crippen LogP contribution in [0, 0.1) is 11.8 Å². The van der Waals surface area contributed by atoms with E-state index in [0.29, 0.717) is 30.4 Å². The van der Waals surface area contributed by atoms with Gasteiger partial charge in [0.2, 0.25) is 11.8 Å². The molecule has 50 heavy (non-hydrogen) atoms. The van der Waals surface area contributed by atoms with Crippen molar-refractivity contribution in [1.29, 1.82) is 0 Å². The number of hydrogen-bond donors (Lipinski definition) is 4. The van der Waals surface area contributed by atoms with Crippen molar-refractivity contribution in [3.8, 4) is 23.1 Å². The summed E-state index contributed by atoms with van der Waals surface area (Å²) in [6.45, 7) is 11.5. The van der Waals surface area contributed by atoms with Crippen LogP contribution in [0.25, 0.3) is 11.3 Å². The quantitative estimate of drug-likeness (QED) is 0.262. The van der Waals surface area contributed by atoms with E-state index in [1.807, 2.05) is 24.3 Å². The van der Waals surface area contributed by atoms with Crippen LogP contribution in [0.3, 0.4) is 0 Å². The number of amides is 4. The Bertz CT molecular complexity index is 1750. The van der Waals surface area contributed by atoms with Gasteiger partial charge in [-0.3, -0.25) is 9.59 Å². The topological polar surface area (TPSA) is 175 Å². The zero-order chi connectivity index (χ0) is 36.1. The molecule has 2 saturated heterocycles. The van der Waals surface area contributed by atoms with Gasteiger partial charge in [-0.2, -0.15) is 0 Å². The van der Waals surface area contributed by atoms with Crippen molar-refractivity contribution >= 4 is 24.0 Å². The van der Waals surface area contributed by atoms with Crippen LogP contribution in [-0.2, 0) is 19.1 Å². The van der Waals surface area contributed by atoms with Crippen LogP contribution in [-0.4, -0.2) is 91.1 Å². The summed E-state index contributed by atoms with van der Waals surface area (Å²) in [6, 6.07) is 7.32. The van der Waals surface area contributed by atoms with E-state index in [-0.39, 0.29) is 37.0 Å². The zero-order valence-electron chi connectivity index (χ0n) is 29.5. The summed E-state index contributed by atoms with van der Waals surface area (Å²) in [5.74, 6) is 7.24. The molecule has 1 aromatic carbocycles. The Morgan fingerprint density at radius 3 is 1.78 bits per heavy atom. The van der Waals surface area contributed by atoms with E-state index in [9.17, 15) is 19.2 Å². The number of carbonyl (C=O) groups is 4. The van der Waals surface area contributed by atoms with Gasteiger partial charge in [0, 0.05) is 18.7 Å². The van der Waals surface area contributed by atoms with Gasteiger partial charge < -0.3 is 39.9 Å². The summed E-state index contributed by atoms with van der Waals surface area (Å²) < 4.78 is 10.5. The van der Waals surface area contributed by atoms with Crippen molar-refractivity contribution in [3.05, 3.63) is 59.6 Å². The number of nitrogens with zero attached hydrogens (tertiary/aromatic N) is 4. The number of hydrogen-bond acceptors (Lipinski definition) is 8. The largest absolute Gasteiger partial charge is 0.444 e. The molecule has 0 bridgehead atoms. The molecule has 14 nitrogen and oxygen atoms in total. The summed E-state index contributed by atoms with van der Waals surface area (Å²) in [6.07, 6.45) is 5.37. The summed E-state index contributed by atoms with van der Waals surface area (Å²) in [5, 5.41) is 5.09. The molecule has 0 aliphatic carbocycles. The lowest BCUT2D eigenvalue weighted by molar-refractivity contribution is -0.132. The lowest BCUT2D eigenvalue weighted by atomic mass is 10.1. The molecule has 2 aromatic heterocycles.